The van der Waals surface area contributed by atoms with Crippen LogP contribution in [0.2, 0.25) is 10.2 Å². The first kappa shape index (κ1) is 14.1. The molecule has 0 aliphatic rings. The lowest BCUT2D eigenvalue weighted by atomic mass is 10.3. The summed E-state index contributed by atoms with van der Waals surface area (Å²) in [4.78, 5) is 4.04. The van der Waals surface area contributed by atoms with Crippen molar-refractivity contribution in [2.24, 2.45) is 0 Å². The molecule has 1 aromatic heterocycles. The summed E-state index contributed by atoms with van der Waals surface area (Å²) in [5.74, 6) is 0. The zero-order chi connectivity index (χ0) is 13.9. The molecule has 0 aliphatic heterocycles. The summed E-state index contributed by atoms with van der Waals surface area (Å²) in [6, 6.07) is 9.32. The minimum absolute atomic E-state index is 0.174. The Balaban J connectivity index is 2.32. The molecule has 0 atom stereocenters. The van der Waals surface area contributed by atoms with Crippen molar-refractivity contribution in [3.8, 4) is 0 Å². The van der Waals surface area contributed by atoms with Crippen molar-refractivity contribution < 1.29 is 8.42 Å². The van der Waals surface area contributed by atoms with Crippen LogP contribution in [0, 0.1) is 0 Å². The summed E-state index contributed by atoms with van der Waals surface area (Å²) in [6.45, 7) is 0. The van der Waals surface area contributed by atoms with Crippen LogP contribution in [-0.4, -0.2) is 13.4 Å². The predicted octanol–water partition coefficient (Wildman–Crippen LogP) is 3.83. The van der Waals surface area contributed by atoms with Crippen molar-refractivity contribution >= 4 is 39.1 Å². The van der Waals surface area contributed by atoms with Gasteiger partial charge in [-0.05, 0) is 36.4 Å². The number of benzene rings is 1. The second-order valence-corrected chi connectivity index (χ2v) is 6.31. The van der Waals surface area contributed by atoms with E-state index in [1.807, 2.05) is 0 Å². The maximum absolute atomic E-state index is 12.0. The van der Waals surface area contributed by atoms with E-state index < -0.39 is 9.84 Å². The van der Waals surface area contributed by atoms with Crippen molar-refractivity contribution in [1.82, 2.24) is 4.98 Å². The van der Waals surface area contributed by atoms with Gasteiger partial charge in [-0.15, -0.1) is 0 Å². The van der Waals surface area contributed by atoms with Crippen LogP contribution >= 0.6 is 23.2 Å². The van der Waals surface area contributed by atoms with Gasteiger partial charge < -0.3 is 0 Å². The zero-order valence-corrected chi connectivity index (χ0v) is 12.0. The van der Waals surface area contributed by atoms with Gasteiger partial charge in [-0.3, -0.25) is 0 Å². The predicted molar refractivity (Wildman–Crippen MR) is 76.9 cm³/mol. The Kier molecular flexibility index (Phi) is 4.24. The summed E-state index contributed by atoms with van der Waals surface area (Å²) in [6.07, 6.45) is 2.95. The van der Waals surface area contributed by atoms with E-state index in [1.165, 1.54) is 36.5 Å². The fourth-order valence-corrected chi connectivity index (χ4v) is 2.70. The average molecular weight is 314 g/mol. The number of halogens is 2. The molecule has 1 aromatic carbocycles. The molecule has 0 N–H and O–H groups in total. The standard InChI is InChI=1S/C13H9Cl2NO2S/c14-11-3-5-12(6-4-11)19(17,18)9-7-10-2-1-8-16-13(10)15/h1-9H/b9-7+. The molecule has 0 spiro atoms. The van der Waals surface area contributed by atoms with Gasteiger partial charge >= 0.3 is 0 Å². The lowest BCUT2D eigenvalue weighted by molar-refractivity contribution is 0.605. The number of hydrogen-bond donors (Lipinski definition) is 0. The molecule has 0 saturated heterocycles. The van der Waals surface area contributed by atoms with Crippen LogP contribution in [0.3, 0.4) is 0 Å². The topological polar surface area (TPSA) is 47.0 Å². The van der Waals surface area contributed by atoms with Gasteiger partial charge in [0.05, 0.1) is 4.90 Å². The van der Waals surface area contributed by atoms with Crippen molar-refractivity contribution in [2.75, 3.05) is 0 Å². The van der Waals surface area contributed by atoms with Crippen molar-refractivity contribution in [2.45, 2.75) is 4.90 Å². The van der Waals surface area contributed by atoms with E-state index in [1.54, 1.807) is 12.1 Å². The van der Waals surface area contributed by atoms with Crippen LogP contribution in [0.25, 0.3) is 6.08 Å². The quantitative estimate of drug-likeness (QED) is 0.809. The number of sulfone groups is 1. The Hall–Kier alpha value is -1.36. The van der Waals surface area contributed by atoms with Crippen LogP contribution in [0.5, 0.6) is 0 Å². The molecule has 0 bridgehead atoms. The largest absolute Gasteiger partial charge is 0.244 e. The highest BCUT2D eigenvalue weighted by Gasteiger charge is 2.10. The highest BCUT2D eigenvalue weighted by Crippen LogP contribution is 2.19. The fraction of sp³-hybridized carbons (Fsp3) is 0. The zero-order valence-electron chi connectivity index (χ0n) is 9.62. The minimum Gasteiger partial charge on any atom is -0.244 e. The van der Waals surface area contributed by atoms with Gasteiger partial charge in [-0.25, -0.2) is 13.4 Å². The lowest BCUT2D eigenvalue weighted by Gasteiger charge is -2.00. The molecule has 0 aliphatic carbocycles. The van der Waals surface area contributed by atoms with Gasteiger partial charge in [0.15, 0.2) is 9.84 Å². The molecule has 0 saturated carbocycles. The molecule has 3 nitrogen and oxygen atoms in total. The van der Waals surface area contributed by atoms with Gasteiger partial charge in [0.25, 0.3) is 0 Å². The Bertz CT molecular complexity index is 710. The van der Waals surface area contributed by atoms with Crippen molar-refractivity contribution in [3.63, 3.8) is 0 Å². The molecule has 6 heteroatoms. The van der Waals surface area contributed by atoms with E-state index in [4.69, 9.17) is 23.2 Å². The van der Waals surface area contributed by atoms with Gasteiger partial charge in [0.2, 0.25) is 0 Å². The third-order valence-corrected chi connectivity index (χ3v) is 4.35. The van der Waals surface area contributed by atoms with Crippen molar-refractivity contribution in [1.29, 1.82) is 0 Å². The van der Waals surface area contributed by atoms with Crippen LogP contribution in [0.4, 0.5) is 0 Å². The second kappa shape index (κ2) is 5.74. The van der Waals surface area contributed by atoms with E-state index in [2.05, 4.69) is 4.98 Å². The Labute approximate surface area is 121 Å². The van der Waals surface area contributed by atoms with Gasteiger partial charge in [-0.2, -0.15) is 0 Å². The summed E-state index contributed by atoms with van der Waals surface area (Å²) in [7, 11) is -3.52. The summed E-state index contributed by atoms with van der Waals surface area (Å²) < 4.78 is 24.1. The first-order chi connectivity index (χ1) is 8.99. The minimum atomic E-state index is -3.52. The van der Waals surface area contributed by atoms with Gasteiger partial charge in [0, 0.05) is 22.2 Å². The number of aromatic nitrogens is 1. The summed E-state index contributed by atoms with van der Waals surface area (Å²) in [5, 5.41) is 1.84. The van der Waals surface area contributed by atoms with E-state index in [0.29, 0.717) is 10.6 Å². The van der Waals surface area contributed by atoms with E-state index in [-0.39, 0.29) is 10.0 Å². The number of nitrogens with zero attached hydrogens (tertiary/aromatic N) is 1. The molecule has 98 valence electrons. The third-order valence-electron chi connectivity index (χ3n) is 2.36. The van der Waals surface area contributed by atoms with Crippen LogP contribution in [0.15, 0.2) is 52.9 Å². The molecule has 19 heavy (non-hydrogen) atoms. The first-order valence-electron chi connectivity index (χ1n) is 5.28. The van der Waals surface area contributed by atoms with Crippen LogP contribution in [0.1, 0.15) is 5.56 Å². The summed E-state index contributed by atoms with van der Waals surface area (Å²) in [5.41, 5.74) is 0.543. The maximum atomic E-state index is 12.0. The molecular weight excluding hydrogens is 305 g/mol. The van der Waals surface area contributed by atoms with E-state index >= 15 is 0 Å². The smallest absolute Gasteiger partial charge is 0.199 e. The Morgan fingerprint density at radius 2 is 1.74 bits per heavy atom. The molecule has 1 heterocycles. The average Bonchev–Trinajstić information content (AvgIpc) is 2.38. The first-order valence-corrected chi connectivity index (χ1v) is 7.58. The third kappa shape index (κ3) is 3.56. The van der Waals surface area contributed by atoms with Gasteiger partial charge in [-0.1, -0.05) is 29.3 Å². The molecular formula is C13H9Cl2NO2S. The molecule has 0 unspecified atom stereocenters. The number of rotatable bonds is 3. The lowest BCUT2D eigenvalue weighted by Crippen LogP contribution is -1.95. The maximum Gasteiger partial charge on any atom is 0.199 e. The number of pyridine rings is 1. The molecule has 2 aromatic rings. The van der Waals surface area contributed by atoms with E-state index in [0.717, 1.165) is 5.41 Å². The highest BCUT2D eigenvalue weighted by molar-refractivity contribution is 7.94. The molecule has 0 radical (unpaired) electrons. The Morgan fingerprint density at radius 1 is 1.05 bits per heavy atom. The van der Waals surface area contributed by atoms with Gasteiger partial charge in [0.1, 0.15) is 5.15 Å². The fourth-order valence-electron chi connectivity index (χ4n) is 1.39. The second-order valence-electron chi connectivity index (χ2n) is 3.69. The monoisotopic (exact) mass is 313 g/mol. The van der Waals surface area contributed by atoms with Crippen molar-refractivity contribution in [3.05, 3.63) is 63.7 Å². The molecule has 0 amide bonds. The van der Waals surface area contributed by atoms with Crippen LogP contribution < -0.4 is 0 Å². The summed E-state index contributed by atoms with van der Waals surface area (Å²) >= 11 is 11.6. The van der Waals surface area contributed by atoms with Crippen LogP contribution in [-0.2, 0) is 9.84 Å². The molecule has 2 rings (SSSR count). The Morgan fingerprint density at radius 3 is 2.37 bits per heavy atom. The normalized spacial score (nSPS) is 11.9. The highest BCUT2D eigenvalue weighted by atomic mass is 35.5. The number of hydrogen-bond acceptors (Lipinski definition) is 3. The molecule has 0 fully saturated rings. The SMILES string of the molecule is O=S(=O)(/C=C/c1cccnc1Cl)c1ccc(Cl)cc1. The van der Waals surface area contributed by atoms with E-state index in [9.17, 15) is 8.42 Å².